The highest BCUT2D eigenvalue weighted by molar-refractivity contribution is 5.77. The number of para-hydroxylation sites is 1. The Morgan fingerprint density at radius 2 is 2.15 bits per heavy atom. The van der Waals surface area contributed by atoms with Crippen LogP contribution >= 0.6 is 0 Å². The van der Waals surface area contributed by atoms with Crippen LogP contribution in [0.25, 0.3) is 0 Å². The van der Waals surface area contributed by atoms with Gasteiger partial charge in [0.1, 0.15) is 11.4 Å². The second-order valence-corrected chi connectivity index (χ2v) is 4.92. The zero-order valence-electron chi connectivity index (χ0n) is 12.0. The van der Waals surface area contributed by atoms with E-state index in [9.17, 15) is 10.1 Å². The summed E-state index contributed by atoms with van der Waals surface area (Å²) < 4.78 is 5.35. The van der Waals surface area contributed by atoms with Crippen molar-refractivity contribution >= 4 is 17.1 Å². The molecule has 6 heteroatoms. The Kier molecular flexibility index (Phi) is 4.79. The van der Waals surface area contributed by atoms with Crippen molar-refractivity contribution in [2.45, 2.75) is 25.8 Å². The van der Waals surface area contributed by atoms with Gasteiger partial charge >= 0.3 is 5.69 Å². The maximum atomic E-state index is 11.4. The van der Waals surface area contributed by atoms with Gasteiger partial charge in [-0.25, -0.2) is 0 Å². The van der Waals surface area contributed by atoms with E-state index in [0.29, 0.717) is 24.0 Å². The molecule has 0 unspecified atom stereocenters. The third-order valence-corrected chi connectivity index (χ3v) is 3.68. The third-order valence-electron chi connectivity index (χ3n) is 3.68. The average molecular weight is 279 g/mol. The van der Waals surface area contributed by atoms with E-state index in [0.717, 1.165) is 26.1 Å². The van der Waals surface area contributed by atoms with E-state index < -0.39 is 0 Å². The summed E-state index contributed by atoms with van der Waals surface area (Å²) in [6.45, 7) is 4.02. The number of ether oxygens (including phenoxy) is 1. The molecule has 1 aliphatic heterocycles. The van der Waals surface area contributed by atoms with Crippen LogP contribution in [0.4, 0.5) is 17.1 Å². The topological polar surface area (TPSA) is 67.6 Å². The Morgan fingerprint density at radius 3 is 2.75 bits per heavy atom. The number of nitro groups is 1. The van der Waals surface area contributed by atoms with Gasteiger partial charge in [-0.1, -0.05) is 6.07 Å². The van der Waals surface area contributed by atoms with Gasteiger partial charge in [-0.2, -0.15) is 0 Å². The summed E-state index contributed by atoms with van der Waals surface area (Å²) in [5.41, 5.74) is 1.40. The zero-order chi connectivity index (χ0) is 14.5. The number of benzene rings is 1. The second-order valence-electron chi connectivity index (χ2n) is 4.92. The molecule has 1 fully saturated rings. The molecule has 1 saturated heterocycles. The van der Waals surface area contributed by atoms with Crippen molar-refractivity contribution in [3.05, 3.63) is 28.3 Å². The Labute approximate surface area is 118 Å². The lowest BCUT2D eigenvalue weighted by atomic mass is 10.1. The van der Waals surface area contributed by atoms with Crippen LogP contribution in [0.5, 0.6) is 0 Å². The first-order valence-corrected chi connectivity index (χ1v) is 6.97. The van der Waals surface area contributed by atoms with Gasteiger partial charge in [0.25, 0.3) is 0 Å². The van der Waals surface area contributed by atoms with Crippen molar-refractivity contribution in [3.8, 4) is 0 Å². The van der Waals surface area contributed by atoms with E-state index in [-0.39, 0.29) is 10.6 Å². The summed E-state index contributed by atoms with van der Waals surface area (Å²) in [5, 5.41) is 14.5. The number of rotatable bonds is 5. The highest BCUT2D eigenvalue weighted by atomic mass is 16.6. The van der Waals surface area contributed by atoms with Gasteiger partial charge < -0.3 is 15.0 Å². The first-order valence-electron chi connectivity index (χ1n) is 6.97. The maximum Gasteiger partial charge on any atom is 0.315 e. The fourth-order valence-corrected chi connectivity index (χ4v) is 2.61. The van der Waals surface area contributed by atoms with Crippen LogP contribution in [0.1, 0.15) is 19.8 Å². The quantitative estimate of drug-likeness (QED) is 0.663. The molecule has 1 aromatic rings. The average Bonchev–Trinajstić information content (AvgIpc) is 2.47. The molecule has 2 rings (SSSR count). The lowest BCUT2D eigenvalue weighted by molar-refractivity contribution is -0.383. The Balaban J connectivity index is 2.33. The molecule has 0 bridgehead atoms. The highest BCUT2D eigenvalue weighted by Gasteiger charge is 2.26. The minimum Gasteiger partial charge on any atom is -0.381 e. The van der Waals surface area contributed by atoms with Crippen LogP contribution in [0.15, 0.2) is 18.2 Å². The summed E-state index contributed by atoms with van der Waals surface area (Å²) >= 11 is 0. The molecule has 1 aromatic carbocycles. The smallest absolute Gasteiger partial charge is 0.315 e. The number of anilines is 2. The molecule has 6 nitrogen and oxygen atoms in total. The fourth-order valence-electron chi connectivity index (χ4n) is 2.61. The minimum absolute atomic E-state index is 0.156. The minimum atomic E-state index is -0.302. The first kappa shape index (κ1) is 14.6. The van der Waals surface area contributed by atoms with Gasteiger partial charge in [0.05, 0.1) is 4.92 Å². The van der Waals surface area contributed by atoms with Gasteiger partial charge in [0.2, 0.25) is 0 Å². The molecule has 0 radical (unpaired) electrons. The van der Waals surface area contributed by atoms with Crippen molar-refractivity contribution in [1.29, 1.82) is 0 Å². The molecule has 0 aromatic heterocycles. The zero-order valence-corrected chi connectivity index (χ0v) is 12.0. The van der Waals surface area contributed by atoms with Gasteiger partial charge in [-0.15, -0.1) is 0 Å². The molecule has 0 saturated carbocycles. The standard InChI is InChI=1S/C14H21N3O3/c1-3-15-12-5-4-6-13(14(12)17(18)19)16(2)11-7-9-20-10-8-11/h4-6,11,15H,3,7-10H2,1-2H3. The molecule has 0 amide bonds. The number of hydrogen-bond donors (Lipinski definition) is 1. The van der Waals surface area contributed by atoms with Gasteiger partial charge in [-0.3, -0.25) is 10.1 Å². The predicted molar refractivity (Wildman–Crippen MR) is 79.5 cm³/mol. The van der Waals surface area contributed by atoms with Crippen LogP contribution in [0.2, 0.25) is 0 Å². The van der Waals surface area contributed by atoms with Crippen molar-refractivity contribution in [2.75, 3.05) is 37.0 Å². The maximum absolute atomic E-state index is 11.4. The summed E-state index contributed by atoms with van der Waals surface area (Å²) in [6, 6.07) is 5.72. The lowest BCUT2D eigenvalue weighted by Crippen LogP contribution is -2.37. The number of nitrogens with zero attached hydrogens (tertiary/aromatic N) is 2. The monoisotopic (exact) mass is 279 g/mol. The Morgan fingerprint density at radius 1 is 1.45 bits per heavy atom. The van der Waals surface area contributed by atoms with E-state index in [1.807, 2.05) is 31.0 Å². The molecular weight excluding hydrogens is 258 g/mol. The first-order chi connectivity index (χ1) is 9.65. The molecule has 1 aliphatic rings. The number of hydrogen-bond acceptors (Lipinski definition) is 5. The Bertz CT molecular complexity index is 473. The SMILES string of the molecule is CCNc1cccc(N(C)C2CCOCC2)c1[N+](=O)[O-]. The molecule has 1 heterocycles. The normalized spacial score (nSPS) is 15.9. The van der Waals surface area contributed by atoms with Crippen molar-refractivity contribution in [1.82, 2.24) is 0 Å². The summed E-state index contributed by atoms with van der Waals surface area (Å²) in [7, 11) is 1.92. The van der Waals surface area contributed by atoms with Crippen LogP contribution in [-0.2, 0) is 4.74 Å². The van der Waals surface area contributed by atoms with Crippen LogP contribution in [0.3, 0.4) is 0 Å². The van der Waals surface area contributed by atoms with Gasteiger partial charge in [-0.05, 0) is 31.9 Å². The summed E-state index contributed by atoms with van der Waals surface area (Å²) in [4.78, 5) is 13.1. The van der Waals surface area contributed by atoms with E-state index in [4.69, 9.17) is 4.74 Å². The molecule has 0 spiro atoms. The van der Waals surface area contributed by atoms with Crippen LogP contribution in [0, 0.1) is 10.1 Å². The molecule has 20 heavy (non-hydrogen) atoms. The third kappa shape index (κ3) is 3.01. The van der Waals surface area contributed by atoms with Crippen molar-refractivity contribution in [2.24, 2.45) is 0 Å². The lowest BCUT2D eigenvalue weighted by Gasteiger charge is -2.32. The van der Waals surface area contributed by atoms with Gasteiger partial charge in [0, 0.05) is 32.8 Å². The summed E-state index contributed by atoms with van der Waals surface area (Å²) in [5.74, 6) is 0. The summed E-state index contributed by atoms with van der Waals surface area (Å²) in [6.07, 6.45) is 1.80. The number of nitro benzene ring substituents is 1. The molecule has 0 atom stereocenters. The molecular formula is C14H21N3O3. The predicted octanol–water partition coefficient (Wildman–Crippen LogP) is 2.64. The van der Waals surface area contributed by atoms with E-state index >= 15 is 0 Å². The molecule has 110 valence electrons. The van der Waals surface area contributed by atoms with Crippen LogP contribution < -0.4 is 10.2 Å². The molecule has 0 aliphatic carbocycles. The van der Waals surface area contributed by atoms with Crippen molar-refractivity contribution in [3.63, 3.8) is 0 Å². The fraction of sp³-hybridized carbons (Fsp3) is 0.571. The van der Waals surface area contributed by atoms with Crippen molar-refractivity contribution < 1.29 is 9.66 Å². The van der Waals surface area contributed by atoms with E-state index in [2.05, 4.69) is 5.32 Å². The van der Waals surface area contributed by atoms with E-state index in [1.54, 1.807) is 6.07 Å². The molecule has 1 N–H and O–H groups in total. The number of nitrogens with one attached hydrogen (secondary N) is 1. The largest absolute Gasteiger partial charge is 0.381 e. The second kappa shape index (κ2) is 6.56. The van der Waals surface area contributed by atoms with Gasteiger partial charge in [0.15, 0.2) is 0 Å². The van der Waals surface area contributed by atoms with Crippen LogP contribution in [-0.4, -0.2) is 37.8 Å². The highest BCUT2D eigenvalue weighted by Crippen LogP contribution is 2.36. The Hall–Kier alpha value is -1.82. The van der Waals surface area contributed by atoms with E-state index in [1.165, 1.54) is 0 Å².